The fourth-order valence-electron chi connectivity index (χ4n) is 3.52. The number of nitrogens with zero attached hydrogens (tertiary/aromatic N) is 1. The van der Waals surface area contributed by atoms with Crippen LogP contribution in [0.3, 0.4) is 0 Å². The first-order valence-corrected chi connectivity index (χ1v) is 10.4. The predicted octanol–water partition coefficient (Wildman–Crippen LogP) is 4.85. The second kappa shape index (κ2) is 8.57. The molecule has 0 saturated carbocycles. The summed E-state index contributed by atoms with van der Waals surface area (Å²) in [5.74, 6) is -2.15. The number of carbonyl (C=O) groups is 4. The molecule has 1 unspecified atom stereocenters. The van der Waals surface area contributed by atoms with Gasteiger partial charge in [0.1, 0.15) is 6.04 Å². The lowest BCUT2D eigenvalue weighted by Gasteiger charge is -2.22. The van der Waals surface area contributed by atoms with Crippen molar-refractivity contribution in [2.45, 2.75) is 13.0 Å². The van der Waals surface area contributed by atoms with Crippen molar-refractivity contribution in [3.63, 3.8) is 0 Å². The predicted molar refractivity (Wildman–Crippen MR) is 121 cm³/mol. The lowest BCUT2D eigenvalue weighted by Crippen LogP contribution is -2.45. The average molecular weight is 467 g/mol. The van der Waals surface area contributed by atoms with E-state index in [1.807, 2.05) is 0 Å². The molecule has 160 valence electrons. The van der Waals surface area contributed by atoms with Crippen LogP contribution >= 0.6 is 23.2 Å². The first-order valence-electron chi connectivity index (χ1n) is 9.66. The minimum atomic E-state index is -1.11. The molecule has 0 radical (unpaired) electrons. The molecule has 1 aliphatic heterocycles. The molecule has 0 saturated heterocycles. The summed E-state index contributed by atoms with van der Waals surface area (Å²) in [6, 6.07) is 16.2. The first-order chi connectivity index (χ1) is 15.3. The van der Waals surface area contributed by atoms with E-state index in [-0.39, 0.29) is 33.0 Å². The Labute approximate surface area is 193 Å². The number of benzene rings is 3. The van der Waals surface area contributed by atoms with Gasteiger partial charge in [-0.3, -0.25) is 24.1 Å². The van der Waals surface area contributed by atoms with E-state index >= 15 is 0 Å². The first kappa shape index (κ1) is 21.7. The van der Waals surface area contributed by atoms with E-state index in [1.54, 1.807) is 48.5 Å². The maximum absolute atomic E-state index is 13.1. The van der Waals surface area contributed by atoms with Crippen molar-refractivity contribution in [1.29, 1.82) is 0 Å². The number of amides is 3. The topological polar surface area (TPSA) is 83.6 Å². The van der Waals surface area contributed by atoms with Gasteiger partial charge in [0.2, 0.25) is 5.91 Å². The van der Waals surface area contributed by atoms with Gasteiger partial charge in [0, 0.05) is 16.1 Å². The van der Waals surface area contributed by atoms with Crippen LogP contribution in [-0.4, -0.2) is 34.4 Å². The third-order valence-corrected chi connectivity index (χ3v) is 5.76. The minimum absolute atomic E-state index is 0.133. The smallest absolute Gasteiger partial charge is 0.262 e. The molecule has 3 aromatic rings. The summed E-state index contributed by atoms with van der Waals surface area (Å²) in [6.07, 6.45) is 0. The molecule has 4 rings (SSSR count). The van der Waals surface area contributed by atoms with Crippen molar-refractivity contribution >= 4 is 52.4 Å². The number of hydrogen-bond acceptors (Lipinski definition) is 4. The fourth-order valence-corrected chi connectivity index (χ4v) is 3.91. The molecule has 0 fully saturated rings. The van der Waals surface area contributed by atoms with Crippen LogP contribution in [0, 0.1) is 0 Å². The highest BCUT2D eigenvalue weighted by molar-refractivity contribution is 6.36. The van der Waals surface area contributed by atoms with Gasteiger partial charge in [-0.1, -0.05) is 47.5 Å². The summed E-state index contributed by atoms with van der Waals surface area (Å²) in [6.45, 7) is 1.45. The van der Waals surface area contributed by atoms with Crippen LogP contribution in [0.4, 0.5) is 5.69 Å². The van der Waals surface area contributed by atoms with Crippen LogP contribution < -0.4 is 5.32 Å². The van der Waals surface area contributed by atoms with Crippen molar-refractivity contribution in [3.05, 3.63) is 99.0 Å². The standard InChI is InChI=1S/C24H16Cl2N2O4/c1-13(28-23(31)15-6-2-3-7-16(15)24(28)32)22(30)27-20-11-10-14(25)12-18(20)21(29)17-8-4-5-9-19(17)26/h2-13H,1H3,(H,27,30). The van der Waals surface area contributed by atoms with Crippen molar-refractivity contribution in [2.24, 2.45) is 0 Å². The van der Waals surface area contributed by atoms with Gasteiger partial charge in [-0.25, -0.2) is 0 Å². The highest BCUT2D eigenvalue weighted by atomic mass is 35.5. The van der Waals surface area contributed by atoms with Gasteiger partial charge in [0.05, 0.1) is 21.8 Å². The van der Waals surface area contributed by atoms with Gasteiger partial charge in [-0.2, -0.15) is 0 Å². The molecule has 1 heterocycles. The number of nitrogens with one attached hydrogen (secondary N) is 1. The van der Waals surface area contributed by atoms with Crippen molar-refractivity contribution in [2.75, 3.05) is 5.32 Å². The molecule has 0 spiro atoms. The molecule has 0 aromatic heterocycles. The highest BCUT2D eigenvalue weighted by Gasteiger charge is 2.40. The Balaban J connectivity index is 1.62. The maximum Gasteiger partial charge on any atom is 0.262 e. The lowest BCUT2D eigenvalue weighted by molar-refractivity contribution is -0.119. The van der Waals surface area contributed by atoms with Gasteiger partial charge in [-0.15, -0.1) is 0 Å². The second-order valence-electron chi connectivity index (χ2n) is 7.19. The highest BCUT2D eigenvalue weighted by Crippen LogP contribution is 2.28. The van der Waals surface area contributed by atoms with Gasteiger partial charge in [0.25, 0.3) is 11.8 Å². The molecule has 1 N–H and O–H groups in total. The summed E-state index contributed by atoms with van der Waals surface area (Å²) in [4.78, 5) is 52.3. The van der Waals surface area contributed by atoms with E-state index < -0.39 is 29.5 Å². The Bertz CT molecular complexity index is 1250. The van der Waals surface area contributed by atoms with E-state index in [9.17, 15) is 19.2 Å². The number of carbonyl (C=O) groups excluding carboxylic acids is 4. The average Bonchev–Trinajstić information content (AvgIpc) is 3.04. The number of ketones is 1. The molecule has 0 bridgehead atoms. The van der Waals surface area contributed by atoms with Crippen LogP contribution in [0.5, 0.6) is 0 Å². The largest absolute Gasteiger partial charge is 0.324 e. The zero-order chi connectivity index (χ0) is 23.0. The molecule has 0 aliphatic carbocycles. The fraction of sp³-hybridized carbons (Fsp3) is 0.0833. The summed E-state index contributed by atoms with van der Waals surface area (Å²) in [7, 11) is 0. The van der Waals surface area contributed by atoms with Crippen molar-refractivity contribution < 1.29 is 19.2 Å². The Morgan fingerprint density at radius 2 is 1.44 bits per heavy atom. The summed E-state index contributed by atoms with van der Waals surface area (Å²) in [5.41, 5.74) is 1.07. The zero-order valence-electron chi connectivity index (χ0n) is 16.8. The molecule has 1 aliphatic rings. The van der Waals surface area contributed by atoms with Gasteiger partial charge >= 0.3 is 0 Å². The number of fused-ring (bicyclic) bond motifs is 1. The van der Waals surface area contributed by atoms with Crippen LogP contribution in [0.2, 0.25) is 10.0 Å². The molecule has 3 aromatic carbocycles. The SMILES string of the molecule is CC(C(=O)Nc1ccc(Cl)cc1C(=O)c1ccccc1Cl)N1C(=O)c2ccccc2C1=O. The van der Waals surface area contributed by atoms with E-state index in [0.29, 0.717) is 5.02 Å². The molecule has 6 nitrogen and oxygen atoms in total. The summed E-state index contributed by atoms with van der Waals surface area (Å²) < 4.78 is 0. The van der Waals surface area contributed by atoms with Gasteiger partial charge in [-0.05, 0) is 49.4 Å². The van der Waals surface area contributed by atoms with Crippen LogP contribution in [0.15, 0.2) is 66.7 Å². The quantitative estimate of drug-likeness (QED) is 0.430. The third kappa shape index (κ3) is 3.79. The number of anilines is 1. The molecule has 8 heteroatoms. The Hall–Kier alpha value is -3.48. The maximum atomic E-state index is 13.1. The number of rotatable bonds is 5. The molecular weight excluding hydrogens is 451 g/mol. The number of halogens is 2. The lowest BCUT2D eigenvalue weighted by atomic mass is 10.0. The number of hydrogen-bond donors (Lipinski definition) is 1. The third-order valence-electron chi connectivity index (χ3n) is 5.19. The zero-order valence-corrected chi connectivity index (χ0v) is 18.3. The monoisotopic (exact) mass is 466 g/mol. The molecule has 32 heavy (non-hydrogen) atoms. The second-order valence-corrected chi connectivity index (χ2v) is 8.03. The molecular formula is C24H16Cl2N2O4. The number of imide groups is 1. The van der Waals surface area contributed by atoms with Crippen LogP contribution in [0.1, 0.15) is 43.6 Å². The minimum Gasteiger partial charge on any atom is -0.324 e. The van der Waals surface area contributed by atoms with Crippen molar-refractivity contribution in [1.82, 2.24) is 4.90 Å². The van der Waals surface area contributed by atoms with E-state index in [1.165, 1.54) is 25.1 Å². The van der Waals surface area contributed by atoms with E-state index in [0.717, 1.165) is 4.90 Å². The van der Waals surface area contributed by atoms with Gasteiger partial charge < -0.3 is 5.32 Å². The van der Waals surface area contributed by atoms with Gasteiger partial charge in [0.15, 0.2) is 5.78 Å². The summed E-state index contributed by atoms with van der Waals surface area (Å²) >= 11 is 12.2. The summed E-state index contributed by atoms with van der Waals surface area (Å²) in [5, 5.41) is 3.20. The Kier molecular flexibility index (Phi) is 5.82. The Morgan fingerprint density at radius 1 is 0.844 bits per heavy atom. The Morgan fingerprint density at radius 3 is 2.06 bits per heavy atom. The van der Waals surface area contributed by atoms with Crippen LogP contribution in [-0.2, 0) is 4.79 Å². The van der Waals surface area contributed by atoms with E-state index in [2.05, 4.69) is 5.32 Å². The normalized spacial score (nSPS) is 13.7. The van der Waals surface area contributed by atoms with Crippen molar-refractivity contribution in [3.8, 4) is 0 Å². The van der Waals surface area contributed by atoms with Crippen LogP contribution in [0.25, 0.3) is 0 Å². The molecule has 1 atom stereocenters. The van der Waals surface area contributed by atoms with E-state index in [4.69, 9.17) is 23.2 Å². The molecule has 3 amide bonds.